The van der Waals surface area contributed by atoms with E-state index in [0.29, 0.717) is 5.75 Å². The van der Waals surface area contributed by atoms with Gasteiger partial charge in [0.15, 0.2) is 0 Å². The Morgan fingerprint density at radius 2 is 1.73 bits per heavy atom. The molecule has 0 heterocycles. The number of phenolic OH excluding ortho intramolecular Hbond substituents is 1. The molecule has 2 rings (SSSR count). The molecule has 0 amide bonds. The summed E-state index contributed by atoms with van der Waals surface area (Å²) in [6, 6.07) is 12.2. The van der Waals surface area contributed by atoms with Crippen molar-refractivity contribution in [2.45, 2.75) is 46.5 Å². The van der Waals surface area contributed by atoms with Gasteiger partial charge in [-0.05, 0) is 47.6 Å². The largest absolute Gasteiger partial charge is 0.508 e. The molecule has 2 aromatic carbocycles. The van der Waals surface area contributed by atoms with E-state index in [1.54, 1.807) is 6.07 Å². The monoisotopic (exact) mass is 295 g/mol. The summed E-state index contributed by atoms with van der Waals surface area (Å²) in [6.45, 7) is 10.4. The lowest BCUT2D eigenvalue weighted by Gasteiger charge is -2.21. The van der Waals surface area contributed by atoms with Gasteiger partial charge in [0, 0.05) is 11.8 Å². The first-order valence-electron chi connectivity index (χ1n) is 7.78. The number of aromatic hydroxyl groups is 1. The number of rotatable bonds is 3. The number of nitrogens with zero attached hydrogens (tertiary/aromatic N) is 1. The predicted octanol–water partition coefficient (Wildman–Crippen LogP) is 5.31. The molecule has 116 valence electrons. The van der Waals surface area contributed by atoms with Gasteiger partial charge in [0.1, 0.15) is 5.75 Å². The number of hydrogen-bond donors (Lipinski definition) is 1. The molecule has 0 aromatic heterocycles. The lowest BCUT2D eigenvalue weighted by molar-refractivity contribution is 0.446. The Hall–Kier alpha value is -2.09. The highest BCUT2D eigenvalue weighted by atomic mass is 16.3. The summed E-state index contributed by atoms with van der Waals surface area (Å²) in [7, 11) is 0. The molecule has 2 heteroatoms. The maximum absolute atomic E-state index is 10.1. The maximum Gasteiger partial charge on any atom is 0.119 e. The van der Waals surface area contributed by atoms with Crippen LogP contribution in [0.2, 0.25) is 0 Å². The fraction of sp³-hybridized carbons (Fsp3) is 0.350. The lowest BCUT2D eigenvalue weighted by Crippen LogP contribution is -2.11. The summed E-state index contributed by atoms with van der Waals surface area (Å²) in [5.41, 5.74) is 5.11. The standard InChI is InChI=1S/C20H25NO/c1-6-15-7-9-16(10-8-15)13-21-18-12-17(20(3,4)5)19(22)11-14(18)2/h7-13,22H,6H2,1-5H3. The molecule has 0 atom stereocenters. The molecule has 0 unspecified atom stereocenters. The third-order valence-electron chi connectivity index (χ3n) is 3.86. The zero-order valence-electron chi connectivity index (χ0n) is 14.1. The molecule has 0 fully saturated rings. The molecule has 0 saturated carbocycles. The Labute approximate surface area is 133 Å². The second-order valence-electron chi connectivity index (χ2n) is 6.76. The average molecular weight is 295 g/mol. The van der Waals surface area contributed by atoms with Crippen molar-refractivity contribution < 1.29 is 5.11 Å². The third-order valence-corrected chi connectivity index (χ3v) is 3.86. The van der Waals surface area contributed by atoms with Crippen molar-refractivity contribution in [1.82, 2.24) is 0 Å². The van der Waals surface area contributed by atoms with Crippen molar-refractivity contribution in [2.24, 2.45) is 4.99 Å². The van der Waals surface area contributed by atoms with Gasteiger partial charge in [-0.3, -0.25) is 4.99 Å². The minimum absolute atomic E-state index is 0.106. The predicted molar refractivity (Wildman–Crippen MR) is 94.6 cm³/mol. The smallest absolute Gasteiger partial charge is 0.119 e. The zero-order chi connectivity index (χ0) is 16.3. The zero-order valence-corrected chi connectivity index (χ0v) is 14.1. The van der Waals surface area contributed by atoms with Gasteiger partial charge in [-0.15, -0.1) is 0 Å². The molecule has 2 nitrogen and oxygen atoms in total. The fourth-order valence-corrected chi connectivity index (χ4v) is 2.40. The second kappa shape index (κ2) is 6.35. The van der Waals surface area contributed by atoms with E-state index in [1.165, 1.54) is 5.56 Å². The van der Waals surface area contributed by atoms with Crippen molar-refractivity contribution in [3.05, 3.63) is 58.7 Å². The molecule has 0 bridgehead atoms. The fourth-order valence-electron chi connectivity index (χ4n) is 2.40. The Balaban J connectivity index is 2.33. The van der Waals surface area contributed by atoms with Gasteiger partial charge in [0.25, 0.3) is 0 Å². The number of benzene rings is 2. The van der Waals surface area contributed by atoms with E-state index < -0.39 is 0 Å². The first-order valence-corrected chi connectivity index (χ1v) is 7.78. The van der Waals surface area contributed by atoms with Gasteiger partial charge in [0.05, 0.1) is 5.69 Å². The Morgan fingerprint density at radius 1 is 1.09 bits per heavy atom. The summed E-state index contributed by atoms with van der Waals surface area (Å²) in [5.74, 6) is 0.344. The summed E-state index contributed by atoms with van der Waals surface area (Å²) in [4.78, 5) is 4.61. The highest BCUT2D eigenvalue weighted by molar-refractivity contribution is 5.82. The molecule has 0 radical (unpaired) electrons. The molecule has 0 saturated heterocycles. The van der Waals surface area contributed by atoms with Crippen molar-refractivity contribution in [3.8, 4) is 5.75 Å². The SMILES string of the molecule is CCc1ccc(C=Nc2cc(C(C)(C)C)c(O)cc2C)cc1. The number of aryl methyl sites for hydroxylation is 2. The van der Waals surface area contributed by atoms with Crippen molar-refractivity contribution in [2.75, 3.05) is 0 Å². The Kier molecular flexibility index (Phi) is 4.70. The summed E-state index contributed by atoms with van der Waals surface area (Å²) < 4.78 is 0. The molecular weight excluding hydrogens is 270 g/mol. The maximum atomic E-state index is 10.1. The van der Waals surface area contributed by atoms with Crippen LogP contribution < -0.4 is 0 Å². The molecule has 22 heavy (non-hydrogen) atoms. The van der Waals surface area contributed by atoms with Gasteiger partial charge in [-0.2, -0.15) is 0 Å². The molecular formula is C20H25NO. The van der Waals surface area contributed by atoms with Crippen molar-refractivity contribution >= 4 is 11.9 Å². The van der Waals surface area contributed by atoms with Crippen LogP contribution in [0.4, 0.5) is 5.69 Å². The van der Waals surface area contributed by atoms with Crippen LogP contribution in [0.5, 0.6) is 5.75 Å². The van der Waals surface area contributed by atoms with Crippen molar-refractivity contribution in [3.63, 3.8) is 0 Å². The first kappa shape index (κ1) is 16.3. The van der Waals surface area contributed by atoms with E-state index >= 15 is 0 Å². The van der Waals surface area contributed by atoms with Gasteiger partial charge >= 0.3 is 0 Å². The third kappa shape index (κ3) is 3.76. The van der Waals surface area contributed by atoms with E-state index in [4.69, 9.17) is 0 Å². The quantitative estimate of drug-likeness (QED) is 0.764. The number of hydrogen-bond acceptors (Lipinski definition) is 2. The van der Waals surface area contributed by atoms with E-state index in [1.807, 2.05) is 19.2 Å². The molecule has 0 aliphatic carbocycles. The number of phenols is 1. The van der Waals surface area contributed by atoms with Crippen LogP contribution in [0.3, 0.4) is 0 Å². The second-order valence-corrected chi connectivity index (χ2v) is 6.76. The van der Waals surface area contributed by atoms with Crippen LogP contribution in [0, 0.1) is 6.92 Å². The molecule has 0 aliphatic rings. The van der Waals surface area contributed by atoms with Gasteiger partial charge in [-0.25, -0.2) is 0 Å². The van der Waals surface area contributed by atoms with Crippen LogP contribution in [0.1, 0.15) is 49.9 Å². The van der Waals surface area contributed by atoms with Gasteiger partial charge < -0.3 is 5.11 Å². The summed E-state index contributed by atoms with van der Waals surface area (Å²) in [5, 5.41) is 10.1. The summed E-state index contributed by atoms with van der Waals surface area (Å²) >= 11 is 0. The topological polar surface area (TPSA) is 32.6 Å². The number of aliphatic imine (C=N–C) groups is 1. The molecule has 2 aromatic rings. The molecule has 0 aliphatic heterocycles. The Bertz CT molecular complexity index is 676. The van der Waals surface area contributed by atoms with E-state index in [9.17, 15) is 5.11 Å². The Morgan fingerprint density at radius 3 is 2.27 bits per heavy atom. The molecule has 1 N–H and O–H groups in total. The first-order chi connectivity index (χ1) is 10.3. The lowest BCUT2D eigenvalue weighted by atomic mass is 9.85. The van der Waals surface area contributed by atoms with E-state index in [-0.39, 0.29) is 5.41 Å². The van der Waals surface area contributed by atoms with E-state index in [0.717, 1.165) is 28.8 Å². The average Bonchev–Trinajstić information content (AvgIpc) is 2.45. The minimum atomic E-state index is -0.106. The van der Waals surface area contributed by atoms with Gasteiger partial charge in [-0.1, -0.05) is 52.0 Å². The highest BCUT2D eigenvalue weighted by Crippen LogP contribution is 2.35. The highest BCUT2D eigenvalue weighted by Gasteiger charge is 2.19. The van der Waals surface area contributed by atoms with E-state index in [2.05, 4.69) is 57.0 Å². The van der Waals surface area contributed by atoms with Crippen LogP contribution in [-0.4, -0.2) is 11.3 Å². The van der Waals surface area contributed by atoms with Crippen LogP contribution >= 0.6 is 0 Å². The van der Waals surface area contributed by atoms with Gasteiger partial charge in [0.2, 0.25) is 0 Å². The van der Waals surface area contributed by atoms with Crippen LogP contribution in [0.15, 0.2) is 41.4 Å². The minimum Gasteiger partial charge on any atom is -0.508 e. The summed E-state index contributed by atoms with van der Waals surface area (Å²) in [6.07, 6.45) is 2.93. The molecule has 0 spiro atoms. The van der Waals surface area contributed by atoms with Crippen LogP contribution in [-0.2, 0) is 11.8 Å². The van der Waals surface area contributed by atoms with Crippen LogP contribution in [0.25, 0.3) is 0 Å². The normalized spacial score (nSPS) is 12.0. The van der Waals surface area contributed by atoms with Crippen molar-refractivity contribution in [1.29, 1.82) is 0 Å².